The molecule has 0 aromatic carbocycles. The van der Waals surface area contributed by atoms with Crippen LogP contribution in [0.4, 0.5) is 0 Å². The third-order valence-corrected chi connectivity index (χ3v) is 5.73. The van der Waals surface area contributed by atoms with Gasteiger partial charge in [-0.1, -0.05) is 26.7 Å². The Labute approximate surface area is 120 Å². The van der Waals surface area contributed by atoms with E-state index in [2.05, 4.69) is 31.5 Å². The molecule has 2 saturated carbocycles. The largest absolute Gasteiger partial charge is 0.317 e. The summed E-state index contributed by atoms with van der Waals surface area (Å²) in [5, 5.41) is 7.21. The van der Waals surface area contributed by atoms with E-state index in [0.29, 0.717) is 5.41 Å². The molecule has 0 radical (unpaired) electrons. The van der Waals surface area contributed by atoms with Gasteiger partial charge in [0.05, 0.1) is 0 Å². The van der Waals surface area contributed by atoms with E-state index in [1.54, 1.807) is 0 Å². The Bertz CT molecular complexity index is 248. The van der Waals surface area contributed by atoms with Crippen LogP contribution in [-0.2, 0) is 0 Å². The lowest BCUT2D eigenvalue weighted by atomic mass is 9.77. The van der Waals surface area contributed by atoms with Crippen LogP contribution in [0.15, 0.2) is 0 Å². The number of nitrogens with one attached hydrogen (secondary N) is 2. The summed E-state index contributed by atoms with van der Waals surface area (Å²) in [7, 11) is 2.10. The molecule has 2 fully saturated rings. The summed E-state index contributed by atoms with van der Waals surface area (Å²) in [4.78, 5) is 0. The minimum atomic E-state index is 0.499. The first-order chi connectivity index (χ1) is 9.12. The summed E-state index contributed by atoms with van der Waals surface area (Å²) < 4.78 is 0. The summed E-state index contributed by atoms with van der Waals surface area (Å²) in [5.74, 6) is 1.88. The molecule has 0 saturated heterocycles. The molecule has 0 aromatic heterocycles. The lowest BCUT2D eigenvalue weighted by molar-refractivity contribution is 0.198. The van der Waals surface area contributed by atoms with E-state index >= 15 is 0 Å². The third kappa shape index (κ3) is 4.46. The van der Waals surface area contributed by atoms with Gasteiger partial charge in [-0.25, -0.2) is 0 Å². The maximum absolute atomic E-state index is 3.78. The highest BCUT2D eigenvalue weighted by Crippen LogP contribution is 2.39. The van der Waals surface area contributed by atoms with Crippen LogP contribution in [0.2, 0.25) is 0 Å². The maximum Gasteiger partial charge on any atom is 0.00642 e. The number of rotatable bonds is 6. The Balaban J connectivity index is 1.63. The molecule has 2 nitrogen and oxygen atoms in total. The topological polar surface area (TPSA) is 24.1 Å². The first-order valence-corrected chi connectivity index (χ1v) is 8.50. The standard InChI is InChI=1S/C17H34N2/c1-17(2,15-6-4-5-7-15)13-19-12-14-8-10-16(18-3)11-9-14/h14-16,18-19H,4-13H2,1-3H3. The maximum atomic E-state index is 3.78. The SMILES string of the molecule is CNC1CCC(CNCC(C)(C)C2CCCC2)CC1. The Morgan fingerprint density at radius 2 is 1.58 bits per heavy atom. The quantitative estimate of drug-likeness (QED) is 0.768. The summed E-state index contributed by atoms with van der Waals surface area (Å²) in [6, 6.07) is 0.783. The van der Waals surface area contributed by atoms with Crippen molar-refractivity contribution in [3.8, 4) is 0 Å². The van der Waals surface area contributed by atoms with Gasteiger partial charge in [0.1, 0.15) is 0 Å². The van der Waals surface area contributed by atoms with Crippen molar-refractivity contribution in [2.45, 2.75) is 71.3 Å². The first-order valence-electron chi connectivity index (χ1n) is 8.50. The fourth-order valence-corrected chi connectivity index (χ4v) is 4.11. The lowest BCUT2D eigenvalue weighted by Crippen LogP contribution is -2.39. The normalized spacial score (nSPS) is 29.8. The first kappa shape index (κ1) is 15.3. The van der Waals surface area contributed by atoms with Gasteiger partial charge in [-0.2, -0.15) is 0 Å². The second kappa shape index (κ2) is 7.08. The molecule has 2 rings (SSSR count). The molecule has 0 heterocycles. The molecule has 0 aliphatic heterocycles. The zero-order valence-electron chi connectivity index (χ0n) is 13.3. The van der Waals surface area contributed by atoms with Crippen molar-refractivity contribution in [1.29, 1.82) is 0 Å². The van der Waals surface area contributed by atoms with Crippen LogP contribution in [0, 0.1) is 17.3 Å². The molecule has 2 aliphatic carbocycles. The van der Waals surface area contributed by atoms with Gasteiger partial charge in [0.25, 0.3) is 0 Å². The van der Waals surface area contributed by atoms with E-state index < -0.39 is 0 Å². The van der Waals surface area contributed by atoms with Crippen molar-refractivity contribution in [3.63, 3.8) is 0 Å². The molecule has 2 N–H and O–H groups in total. The molecule has 0 unspecified atom stereocenters. The number of hydrogen-bond acceptors (Lipinski definition) is 2. The smallest absolute Gasteiger partial charge is 0.00642 e. The third-order valence-electron chi connectivity index (χ3n) is 5.73. The van der Waals surface area contributed by atoms with Gasteiger partial charge in [0, 0.05) is 12.6 Å². The van der Waals surface area contributed by atoms with Gasteiger partial charge in [-0.05, 0) is 69.4 Å². The molecule has 2 aliphatic rings. The fraction of sp³-hybridized carbons (Fsp3) is 1.00. The molecule has 0 spiro atoms. The highest BCUT2D eigenvalue weighted by atomic mass is 14.9. The van der Waals surface area contributed by atoms with Crippen molar-refractivity contribution in [2.75, 3.05) is 20.1 Å². The Morgan fingerprint density at radius 1 is 0.947 bits per heavy atom. The molecule has 0 aromatic rings. The second-order valence-corrected chi connectivity index (χ2v) is 7.61. The van der Waals surface area contributed by atoms with E-state index in [-0.39, 0.29) is 0 Å². The molecule has 0 bridgehead atoms. The monoisotopic (exact) mass is 266 g/mol. The highest BCUT2D eigenvalue weighted by molar-refractivity contribution is 4.85. The Morgan fingerprint density at radius 3 is 2.16 bits per heavy atom. The Kier molecular flexibility index (Phi) is 5.70. The van der Waals surface area contributed by atoms with Crippen molar-refractivity contribution in [1.82, 2.24) is 10.6 Å². The highest BCUT2D eigenvalue weighted by Gasteiger charge is 2.31. The van der Waals surface area contributed by atoms with Crippen LogP contribution in [0.3, 0.4) is 0 Å². The number of hydrogen-bond donors (Lipinski definition) is 2. The van der Waals surface area contributed by atoms with E-state index in [9.17, 15) is 0 Å². The molecular formula is C17H34N2. The predicted molar refractivity (Wildman–Crippen MR) is 83.4 cm³/mol. The van der Waals surface area contributed by atoms with E-state index in [0.717, 1.165) is 17.9 Å². The molecule has 112 valence electrons. The van der Waals surface area contributed by atoms with Gasteiger partial charge in [0.2, 0.25) is 0 Å². The van der Waals surface area contributed by atoms with Crippen molar-refractivity contribution >= 4 is 0 Å². The average Bonchev–Trinajstić information content (AvgIpc) is 2.94. The minimum Gasteiger partial charge on any atom is -0.317 e. The van der Waals surface area contributed by atoms with Gasteiger partial charge >= 0.3 is 0 Å². The van der Waals surface area contributed by atoms with E-state index in [4.69, 9.17) is 0 Å². The summed E-state index contributed by atoms with van der Waals surface area (Å²) >= 11 is 0. The van der Waals surface area contributed by atoms with Gasteiger partial charge in [-0.15, -0.1) is 0 Å². The summed E-state index contributed by atoms with van der Waals surface area (Å²) in [6.45, 7) is 7.39. The molecule has 19 heavy (non-hydrogen) atoms. The molecule has 0 atom stereocenters. The zero-order valence-corrected chi connectivity index (χ0v) is 13.3. The molecular weight excluding hydrogens is 232 g/mol. The fourth-order valence-electron chi connectivity index (χ4n) is 4.11. The molecule has 2 heteroatoms. The van der Waals surface area contributed by atoms with Crippen molar-refractivity contribution < 1.29 is 0 Å². The Hall–Kier alpha value is -0.0800. The van der Waals surface area contributed by atoms with Crippen molar-refractivity contribution in [2.24, 2.45) is 17.3 Å². The van der Waals surface area contributed by atoms with Crippen LogP contribution >= 0.6 is 0 Å². The molecule has 0 amide bonds. The van der Waals surface area contributed by atoms with Crippen LogP contribution in [0.5, 0.6) is 0 Å². The van der Waals surface area contributed by atoms with Gasteiger partial charge in [-0.3, -0.25) is 0 Å². The van der Waals surface area contributed by atoms with Gasteiger partial charge in [0.15, 0.2) is 0 Å². The summed E-state index contributed by atoms with van der Waals surface area (Å²) in [6.07, 6.45) is 11.4. The second-order valence-electron chi connectivity index (χ2n) is 7.61. The van der Waals surface area contributed by atoms with Gasteiger partial charge < -0.3 is 10.6 Å². The average molecular weight is 266 g/mol. The van der Waals surface area contributed by atoms with Crippen LogP contribution in [0.1, 0.15) is 65.2 Å². The lowest BCUT2D eigenvalue weighted by Gasteiger charge is -2.34. The van der Waals surface area contributed by atoms with Crippen LogP contribution in [-0.4, -0.2) is 26.2 Å². The minimum absolute atomic E-state index is 0.499. The van der Waals surface area contributed by atoms with E-state index in [1.807, 2.05) is 0 Å². The zero-order chi connectivity index (χ0) is 13.7. The summed E-state index contributed by atoms with van der Waals surface area (Å²) in [5.41, 5.74) is 0.499. The van der Waals surface area contributed by atoms with Crippen LogP contribution in [0.25, 0.3) is 0 Å². The van der Waals surface area contributed by atoms with Crippen molar-refractivity contribution in [3.05, 3.63) is 0 Å². The predicted octanol–water partition coefficient (Wildman–Crippen LogP) is 3.57. The van der Waals surface area contributed by atoms with E-state index in [1.165, 1.54) is 64.5 Å². The van der Waals surface area contributed by atoms with Crippen LogP contribution < -0.4 is 10.6 Å².